The van der Waals surface area contributed by atoms with Crippen LogP contribution in [0, 0.1) is 6.92 Å². The van der Waals surface area contributed by atoms with Gasteiger partial charge in [-0.25, -0.2) is 4.79 Å². The lowest BCUT2D eigenvalue weighted by Crippen LogP contribution is -2.26. The monoisotopic (exact) mass is 236 g/mol. The van der Waals surface area contributed by atoms with Crippen LogP contribution in [0.1, 0.15) is 36.7 Å². The average molecular weight is 236 g/mol. The molecule has 0 heterocycles. The Kier molecular flexibility index (Phi) is 3.89. The number of aryl methyl sites for hydroxylation is 1. The zero-order chi connectivity index (χ0) is 13.1. The van der Waals surface area contributed by atoms with Gasteiger partial charge in [-0.15, -0.1) is 0 Å². The van der Waals surface area contributed by atoms with Crippen molar-refractivity contribution in [2.24, 2.45) is 0 Å². The Hall–Kier alpha value is -1.84. The molecule has 1 rings (SSSR count). The van der Waals surface area contributed by atoms with E-state index in [0.717, 1.165) is 5.56 Å². The second-order valence-corrected chi connectivity index (χ2v) is 4.73. The van der Waals surface area contributed by atoms with Crippen LogP contribution in [0.4, 0.5) is 4.79 Å². The Bertz CT molecular complexity index is 430. The zero-order valence-corrected chi connectivity index (χ0v) is 10.4. The lowest BCUT2D eigenvalue weighted by molar-refractivity contribution is 0.0205. The minimum atomic E-state index is -0.814. The molecule has 92 valence electrons. The van der Waals surface area contributed by atoms with Crippen molar-refractivity contribution in [2.45, 2.75) is 33.3 Å². The molecule has 0 unspecified atom stereocenters. The van der Waals surface area contributed by atoms with Crippen molar-refractivity contribution in [2.75, 3.05) is 0 Å². The predicted molar refractivity (Wildman–Crippen MR) is 63.4 cm³/mol. The van der Waals surface area contributed by atoms with Crippen molar-refractivity contribution in [1.29, 1.82) is 0 Å². The number of carbonyl (C=O) groups is 2. The van der Waals surface area contributed by atoms with Crippen LogP contribution in [-0.4, -0.2) is 18.0 Å². The first-order valence-electron chi connectivity index (χ1n) is 5.28. The van der Waals surface area contributed by atoms with Crippen LogP contribution in [0.2, 0.25) is 0 Å². The zero-order valence-electron chi connectivity index (χ0n) is 10.4. The first kappa shape index (κ1) is 13.2. The van der Waals surface area contributed by atoms with Gasteiger partial charge in [0.2, 0.25) is 0 Å². The van der Waals surface area contributed by atoms with Gasteiger partial charge in [-0.1, -0.05) is 6.07 Å². The van der Waals surface area contributed by atoms with E-state index >= 15 is 0 Å². The molecule has 1 aromatic rings. The van der Waals surface area contributed by atoms with Gasteiger partial charge in [-0.2, -0.15) is 0 Å². The molecule has 0 atom stereocenters. The highest BCUT2D eigenvalue weighted by Crippen LogP contribution is 2.20. The lowest BCUT2D eigenvalue weighted by atomic mass is 10.1. The fourth-order valence-electron chi connectivity index (χ4n) is 1.19. The van der Waals surface area contributed by atoms with Gasteiger partial charge in [0.05, 0.1) is 5.56 Å². The fraction of sp³-hybridized carbons (Fsp3) is 0.385. The van der Waals surface area contributed by atoms with E-state index in [1.54, 1.807) is 39.0 Å². The Balaban J connectivity index is 2.84. The smallest absolute Gasteiger partial charge is 0.428 e. The van der Waals surface area contributed by atoms with Crippen molar-refractivity contribution in [3.63, 3.8) is 0 Å². The van der Waals surface area contributed by atoms with Crippen LogP contribution in [-0.2, 0) is 4.74 Å². The molecule has 0 aliphatic rings. The van der Waals surface area contributed by atoms with Crippen LogP contribution in [0.15, 0.2) is 18.2 Å². The Morgan fingerprint density at radius 2 is 1.94 bits per heavy atom. The summed E-state index contributed by atoms with van der Waals surface area (Å²) in [6.07, 6.45) is -0.176. The first-order valence-corrected chi connectivity index (χ1v) is 5.28. The minimum Gasteiger partial charge on any atom is -0.428 e. The number of ether oxygens (including phenoxy) is 2. The maximum Gasteiger partial charge on any atom is 0.514 e. The van der Waals surface area contributed by atoms with Gasteiger partial charge in [0, 0.05) is 0 Å². The second-order valence-electron chi connectivity index (χ2n) is 4.73. The molecular weight excluding hydrogens is 220 g/mol. The summed E-state index contributed by atoms with van der Waals surface area (Å²) in [7, 11) is 0. The molecule has 0 bridgehead atoms. The Morgan fingerprint density at radius 3 is 2.47 bits per heavy atom. The van der Waals surface area contributed by atoms with Gasteiger partial charge in [0.1, 0.15) is 11.4 Å². The van der Waals surface area contributed by atoms with E-state index in [-0.39, 0.29) is 5.75 Å². The summed E-state index contributed by atoms with van der Waals surface area (Å²) in [5.41, 5.74) is 0.595. The normalized spacial score (nSPS) is 10.8. The molecule has 0 radical (unpaired) electrons. The van der Waals surface area contributed by atoms with Crippen LogP contribution in [0.25, 0.3) is 0 Å². The van der Waals surface area contributed by atoms with Gasteiger partial charge in [-0.05, 0) is 45.4 Å². The van der Waals surface area contributed by atoms with E-state index in [9.17, 15) is 9.59 Å². The minimum absolute atomic E-state index is 0.217. The van der Waals surface area contributed by atoms with E-state index in [1.807, 2.05) is 6.92 Å². The number of aldehydes is 1. The molecule has 0 aliphatic carbocycles. The number of carbonyl (C=O) groups excluding carboxylic acids is 2. The van der Waals surface area contributed by atoms with Gasteiger partial charge < -0.3 is 9.47 Å². The molecule has 0 spiro atoms. The highest BCUT2D eigenvalue weighted by molar-refractivity contribution is 5.81. The summed E-state index contributed by atoms with van der Waals surface area (Å²) in [5.74, 6) is 0.217. The van der Waals surface area contributed by atoms with Crippen LogP contribution in [0.5, 0.6) is 5.75 Å². The lowest BCUT2D eigenvalue weighted by Gasteiger charge is -2.19. The summed E-state index contributed by atoms with van der Waals surface area (Å²) in [6.45, 7) is 7.07. The number of benzene rings is 1. The van der Waals surface area contributed by atoms with Crippen LogP contribution < -0.4 is 4.74 Å². The molecule has 0 aliphatic heterocycles. The molecule has 0 N–H and O–H groups in total. The highest BCUT2D eigenvalue weighted by atomic mass is 16.7. The molecule has 0 fully saturated rings. The molecule has 0 saturated heterocycles. The fourth-order valence-corrected chi connectivity index (χ4v) is 1.19. The molecule has 0 aromatic heterocycles. The number of hydrogen-bond acceptors (Lipinski definition) is 4. The van der Waals surface area contributed by atoms with Crippen LogP contribution in [0.3, 0.4) is 0 Å². The molecule has 1 aromatic carbocycles. The third kappa shape index (κ3) is 4.26. The summed E-state index contributed by atoms with van der Waals surface area (Å²) in [6, 6.07) is 4.99. The SMILES string of the molecule is Cc1ccc(C=O)c(OC(=O)OC(C)(C)C)c1. The van der Waals surface area contributed by atoms with Gasteiger partial charge >= 0.3 is 6.16 Å². The Morgan fingerprint density at radius 1 is 1.29 bits per heavy atom. The second kappa shape index (κ2) is 4.99. The standard InChI is InChI=1S/C13H16O4/c1-9-5-6-10(8-14)11(7-9)16-12(15)17-13(2,3)4/h5-8H,1-4H3. The van der Waals surface area contributed by atoms with E-state index in [2.05, 4.69) is 0 Å². The largest absolute Gasteiger partial charge is 0.514 e. The van der Waals surface area contributed by atoms with Crippen molar-refractivity contribution < 1.29 is 19.1 Å². The van der Waals surface area contributed by atoms with Crippen LogP contribution >= 0.6 is 0 Å². The van der Waals surface area contributed by atoms with Gasteiger partial charge in [-0.3, -0.25) is 4.79 Å². The third-order valence-corrected chi connectivity index (χ3v) is 1.88. The highest BCUT2D eigenvalue weighted by Gasteiger charge is 2.19. The van der Waals surface area contributed by atoms with E-state index in [1.165, 1.54) is 0 Å². The maximum atomic E-state index is 11.4. The summed E-state index contributed by atoms with van der Waals surface area (Å²) in [4.78, 5) is 22.2. The molecule has 0 saturated carbocycles. The quantitative estimate of drug-likeness (QED) is 0.449. The number of hydrogen-bond donors (Lipinski definition) is 0. The molecule has 4 heteroatoms. The summed E-state index contributed by atoms with van der Waals surface area (Å²) < 4.78 is 10.0. The number of rotatable bonds is 2. The molecule has 0 amide bonds. The molecule has 4 nitrogen and oxygen atoms in total. The van der Waals surface area contributed by atoms with E-state index in [0.29, 0.717) is 11.8 Å². The first-order chi connectivity index (χ1) is 7.81. The summed E-state index contributed by atoms with van der Waals surface area (Å²) >= 11 is 0. The van der Waals surface area contributed by atoms with Gasteiger partial charge in [0.25, 0.3) is 0 Å². The van der Waals surface area contributed by atoms with Crippen molar-refractivity contribution >= 4 is 12.4 Å². The van der Waals surface area contributed by atoms with Gasteiger partial charge in [0.15, 0.2) is 6.29 Å². The maximum absolute atomic E-state index is 11.4. The van der Waals surface area contributed by atoms with E-state index < -0.39 is 11.8 Å². The van der Waals surface area contributed by atoms with Crippen molar-refractivity contribution in [1.82, 2.24) is 0 Å². The molecule has 17 heavy (non-hydrogen) atoms. The summed E-state index contributed by atoms with van der Waals surface area (Å²) in [5, 5.41) is 0. The predicted octanol–water partition coefficient (Wildman–Crippen LogP) is 3.12. The topological polar surface area (TPSA) is 52.6 Å². The average Bonchev–Trinajstić information content (AvgIpc) is 2.14. The molecular formula is C13H16O4. The van der Waals surface area contributed by atoms with E-state index in [4.69, 9.17) is 9.47 Å². The van der Waals surface area contributed by atoms with Crippen molar-refractivity contribution in [3.8, 4) is 5.75 Å². The van der Waals surface area contributed by atoms with Crippen molar-refractivity contribution in [3.05, 3.63) is 29.3 Å². The third-order valence-electron chi connectivity index (χ3n) is 1.88. The Labute approximate surface area is 101 Å².